The van der Waals surface area contributed by atoms with Gasteiger partial charge in [-0.25, -0.2) is 0 Å². The molecule has 0 amide bonds. The molecular weight excluding hydrogens is 152 g/mol. The van der Waals surface area contributed by atoms with Gasteiger partial charge < -0.3 is 10.4 Å². The van der Waals surface area contributed by atoms with Crippen LogP contribution in [0.1, 0.15) is 19.8 Å². The molecule has 2 saturated heterocycles. The number of fused-ring (bicyclic) bond motifs is 1. The van der Waals surface area contributed by atoms with E-state index in [9.17, 15) is 5.11 Å². The zero-order chi connectivity index (χ0) is 8.55. The molecule has 3 nitrogen and oxygen atoms in total. The normalized spacial score (nSPS) is 43.0. The van der Waals surface area contributed by atoms with Crippen molar-refractivity contribution in [2.75, 3.05) is 19.6 Å². The third-order valence-corrected chi connectivity index (χ3v) is 3.10. The molecule has 0 aliphatic carbocycles. The molecule has 0 aromatic rings. The fraction of sp³-hybridized carbons (Fsp3) is 1.00. The summed E-state index contributed by atoms with van der Waals surface area (Å²) < 4.78 is 0. The Labute approximate surface area is 73.8 Å². The number of nitrogens with zero attached hydrogens (tertiary/aromatic N) is 1. The largest absolute Gasteiger partial charge is 0.392 e. The van der Waals surface area contributed by atoms with Gasteiger partial charge in [0.15, 0.2) is 0 Å². The molecule has 12 heavy (non-hydrogen) atoms. The maximum atomic E-state index is 9.45. The molecular formula is C9H18N2O. The molecule has 2 N–H and O–H groups in total. The molecule has 0 radical (unpaired) electrons. The van der Waals surface area contributed by atoms with E-state index in [0.717, 1.165) is 26.1 Å². The summed E-state index contributed by atoms with van der Waals surface area (Å²) in [5.74, 6) is 0. The summed E-state index contributed by atoms with van der Waals surface area (Å²) >= 11 is 0. The van der Waals surface area contributed by atoms with Crippen LogP contribution < -0.4 is 5.32 Å². The lowest BCUT2D eigenvalue weighted by Gasteiger charge is -2.35. The Balaban J connectivity index is 1.93. The number of hydrogen-bond donors (Lipinski definition) is 2. The molecule has 2 rings (SSSR count). The van der Waals surface area contributed by atoms with E-state index < -0.39 is 0 Å². The Morgan fingerprint density at radius 3 is 3.08 bits per heavy atom. The number of aliphatic hydroxyl groups is 1. The van der Waals surface area contributed by atoms with Gasteiger partial charge in [0.05, 0.1) is 6.10 Å². The highest BCUT2D eigenvalue weighted by molar-refractivity contribution is 4.92. The second-order valence-electron chi connectivity index (χ2n) is 4.01. The fourth-order valence-corrected chi connectivity index (χ4v) is 2.32. The number of rotatable bonds is 1. The predicted molar refractivity (Wildman–Crippen MR) is 48.1 cm³/mol. The minimum Gasteiger partial charge on any atom is -0.392 e. The Hall–Kier alpha value is -0.120. The lowest BCUT2D eigenvalue weighted by atomic mass is 10.1. The summed E-state index contributed by atoms with van der Waals surface area (Å²) in [6.45, 7) is 5.29. The zero-order valence-electron chi connectivity index (χ0n) is 7.66. The van der Waals surface area contributed by atoms with Crippen LogP contribution in [0.4, 0.5) is 0 Å². The topological polar surface area (TPSA) is 35.5 Å². The van der Waals surface area contributed by atoms with Crippen LogP contribution in [0.25, 0.3) is 0 Å². The average molecular weight is 170 g/mol. The maximum absolute atomic E-state index is 9.45. The van der Waals surface area contributed by atoms with E-state index in [1.807, 2.05) is 0 Å². The van der Waals surface area contributed by atoms with E-state index in [1.165, 1.54) is 6.42 Å². The standard InChI is InChI=1S/C9H18N2O/c1-2-7-5-11-6-9(12)3-8(11)4-10-7/h7-10,12H,2-6H2,1H3/t7-,8+,9-/m1/s1. The molecule has 2 aliphatic heterocycles. The van der Waals surface area contributed by atoms with Gasteiger partial charge in [-0.1, -0.05) is 6.92 Å². The highest BCUT2D eigenvalue weighted by Gasteiger charge is 2.34. The van der Waals surface area contributed by atoms with E-state index in [2.05, 4.69) is 17.1 Å². The highest BCUT2D eigenvalue weighted by Crippen LogP contribution is 2.20. The monoisotopic (exact) mass is 170 g/mol. The highest BCUT2D eigenvalue weighted by atomic mass is 16.3. The van der Waals surface area contributed by atoms with E-state index in [1.54, 1.807) is 0 Å². The van der Waals surface area contributed by atoms with Crippen LogP contribution in [0, 0.1) is 0 Å². The Morgan fingerprint density at radius 1 is 1.50 bits per heavy atom. The second-order valence-corrected chi connectivity index (χ2v) is 4.01. The average Bonchev–Trinajstić information content (AvgIpc) is 2.43. The second kappa shape index (κ2) is 3.32. The van der Waals surface area contributed by atoms with Gasteiger partial charge >= 0.3 is 0 Å². The summed E-state index contributed by atoms with van der Waals surface area (Å²) in [7, 11) is 0. The van der Waals surface area contributed by atoms with Gasteiger partial charge in [0.25, 0.3) is 0 Å². The van der Waals surface area contributed by atoms with E-state index in [-0.39, 0.29) is 6.10 Å². The first-order valence-electron chi connectivity index (χ1n) is 4.95. The van der Waals surface area contributed by atoms with E-state index in [0.29, 0.717) is 12.1 Å². The molecule has 2 fully saturated rings. The molecule has 0 bridgehead atoms. The number of nitrogens with one attached hydrogen (secondary N) is 1. The Bertz CT molecular complexity index is 163. The third kappa shape index (κ3) is 1.49. The van der Waals surface area contributed by atoms with Crippen molar-refractivity contribution in [3.8, 4) is 0 Å². The van der Waals surface area contributed by atoms with Gasteiger partial charge in [0.1, 0.15) is 0 Å². The van der Waals surface area contributed by atoms with E-state index >= 15 is 0 Å². The number of aliphatic hydroxyl groups excluding tert-OH is 1. The quantitative estimate of drug-likeness (QED) is 0.572. The molecule has 0 unspecified atom stereocenters. The molecule has 2 heterocycles. The third-order valence-electron chi connectivity index (χ3n) is 3.10. The summed E-state index contributed by atoms with van der Waals surface area (Å²) in [6, 6.07) is 1.24. The Kier molecular flexibility index (Phi) is 2.35. The smallest absolute Gasteiger partial charge is 0.0682 e. The van der Waals surface area contributed by atoms with Gasteiger partial charge in [0.2, 0.25) is 0 Å². The predicted octanol–water partition coefficient (Wildman–Crippen LogP) is -0.197. The maximum Gasteiger partial charge on any atom is 0.0682 e. The summed E-state index contributed by atoms with van der Waals surface area (Å²) in [5.41, 5.74) is 0. The minimum atomic E-state index is -0.0765. The van der Waals surface area contributed by atoms with Crippen molar-refractivity contribution < 1.29 is 5.11 Å². The molecule has 0 saturated carbocycles. The van der Waals surface area contributed by atoms with Crippen molar-refractivity contribution >= 4 is 0 Å². The summed E-state index contributed by atoms with van der Waals surface area (Å²) in [5, 5.41) is 13.0. The van der Waals surface area contributed by atoms with Gasteiger partial charge in [-0.2, -0.15) is 0 Å². The van der Waals surface area contributed by atoms with Crippen LogP contribution in [-0.2, 0) is 0 Å². The fourth-order valence-electron chi connectivity index (χ4n) is 2.32. The molecule has 2 aliphatic rings. The van der Waals surface area contributed by atoms with Gasteiger partial charge in [-0.15, -0.1) is 0 Å². The van der Waals surface area contributed by atoms with Crippen LogP contribution >= 0.6 is 0 Å². The number of hydrogen-bond acceptors (Lipinski definition) is 3. The summed E-state index contributed by atoms with van der Waals surface area (Å²) in [6.07, 6.45) is 2.08. The molecule has 70 valence electrons. The first kappa shape index (κ1) is 8.48. The van der Waals surface area contributed by atoms with E-state index in [4.69, 9.17) is 0 Å². The molecule has 3 atom stereocenters. The van der Waals surface area contributed by atoms with Crippen molar-refractivity contribution in [2.45, 2.75) is 38.0 Å². The first-order chi connectivity index (χ1) is 5.79. The van der Waals surface area contributed by atoms with Crippen LogP contribution in [0.2, 0.25) is 0 Å². The summed E-state index contributed by atoms with van der Waals surface area (Å²) in [4.78, 5) is 2.43. The van der Waals surface area contributed by atoms with Crippen LogP contribution in [0.15, 0.2) is 0 Å². The van der Waals surface area contributed by atoms with Crippen molar-refractivity contribution in [1.82, 2.24) is 10.2 Å². The SMILES string of the molecule is CC[C@@H]1CN2C[C@H](O)C[C@H]2CN1. The minimum absolute atomic E-state index is 0.0765. The van der Waals surface area contributed by atoms with Crippen molar-refractivity contribution in [1.29, 1.82) is 0 Å². The van der Waals surface area contributed by atoms with Crippen LogP contribution in [0.3, 0.4) is 0 Å². The van der Waals surface area contributed by atoms with Crippen molar-refractivity contribution in [3.63, 3.8) is 0 Å². The van der Waals surface area contributed by atoms with Crippen molar-refractivity contribution in [3.05, 3.63) is 0 Å². The lowest BCUT2D eigenvalue weighted by molar-refractivity contribution is 0.152. The molecule has 3 heteroatoms. The first-order valence-corrected chi connectivity index (χ1v) is 4.95. The van der Waals surface area contributed by atoms with Gasteiger partial charge in [0, 0.05) is 31.7 Å². The zero-order valence-corrected chi connectivity index (χ0v) is 7.66. The number of piperazine rings is 1. The molecule has 0 spiro atoms. The van der Waals surface area contributed by atoms with Gasteiger partial charge in [-0.05, 0) is 12.8 Å². The van der Waals surface area contributed by atoms with Crippen LogP contribution in [0.5, 0.6) is 0 Å². The lowest BCUT2D eigenvalue weighted by Crippen LogP contribution is -2.53. The van der Waals surface area contributed by atoms with Crippen LogP contribution in [-0.4, -0.2) is 47.8 Å². The molecule has 0 aromatic carbocycles. The Morgan fingerprint density at radius 2 is 2.33 bits per heavy atom. The van der Waals surface area contributed by atoms with Gasteiger partial charge in [-0.3, -0.25) is 4.90 Å². The molecule has 0 aromatic heterocycles. The van der Waals surface area contributed by atoms with Crippen molar-refractivity contribution in [2.24, 2.45) is 0 Å².